The summed E-state index contributed by atoms with van der Waals surface area (Å²) in [5.74, 6) is 0. The van der Waals surface area contributed by atoms with Gasteiger partial charge < -0.3 is 9.16 Å². The lowest BCUT2D eigenvalue weighted by molar-refractivity contribution is 0.0637. The molecule has 0 saturated carbocycles. The van der Waals surface area contributed by atoms with Gasteiger partial charge in [0.05, 0.1) is 19.3 Å². The van der Waals surface area contributed by atoms with E-state index in [2.05, 4.69) is 82.9 Å². The molecule has 3 heteroatoms. The lowest BCUT2D eigenvalue weighted by atomic mass is 10.1. The molecular formula is C21H34O2Si. The molecule has 134 valence electrons. The van der Waals surface area contributed by atoms with Gasteiger partial charge >= 0.3 is 0 Å². The van der Waals surface area contributed by atoms with E-state index < -0.39 is 8.32 Å². The molecule has 24 heavy (non-hydrogen) atoms. The lowest BCUT2D eigenvalue weighted by Gasteiger charge is -2.36. The van der Waals surface area contributed by atoms with E-state index in [0.717, 1.165) is 12.8 Å². The van der Waals surface area contributed by atoms with Gasteiger partial charge in [-0.3, -0.25) is 0 Å². The van der Waals surface area contributed by atoms with E-state index in [9.17, 15) is 0 Å². The van der Waals surface area contributed by atoms with Crippen LogP contribution in [0.3, 0.4) is 0 Å². The minimum absolute atomic E-state index is 0.0436. The summed E-state index contributed by atoms with van der Waals surface area (Å²) in [6.45, 7) is 16.3. The molecule has 2 nitrogen and oxygen atoms in total. The normalized spacial score (nSPS) is 14.0. The number of hydrogen-bond acceptors (Lipinski definition) is 2. The Bertz CT molecular complexity index is 500. The maximum Gasteiger partial charge on any atom is 0.192 e. The molecule has 0 amide bonds. The highest BCUT2D eigenvalue weighted by atomic mass is 28.4. The van der Waals surface area contributed by atoms with E-state index >= 15 is 0 Å². The SMILES string of the molecule is C=C[C@H](CO[Si](C)(C)C(C)(C)C)OC/C=C/CCc1ccccc1. The Morgan fingerprint density at radius 3 is 2.38 bits per heavy atom. The van der Waals surface area contributed by atoms with Crippen LogP contribution >= 0.6 is 0 Å². The van der Waals surface area contributed by atoms with Gasteiger partial charge in [-0.2, -0.15) is 0 Å². The van der Waals surface area contributed by atoms with Crippen LogP contribution in [0.25, 0.3) is 0 Å². The zero-order chi connectivity index (χ0) is 18.1. The highest BCUT2D eigenvalue weighted by Crippen LogP contribution is 2.36. The summed E-state index contributed by atoms with van der Waals surface area (Å²) in [5.41, 5.74) is 1.37. The third-order valence-electron chi connectivity index (χ3n) is 4.69. The Morgan fingerprint density at radius 1 is 1.12 bits per heavy atom. The van der Waals surface area contributed by atoms with Gasteiger partial charge in [-0.1, -0.05) is 69.3 Å². The van der Waals surface area contributed by atoms with Gasteiger partial charge in [0.15, 0.2) is 8.32 Å². The molecule has 0 bridgehead atoms. The van der Waals surface area contributed by atoms with Crippen LogP contribution < -0.4 is 0 Å². The molecule has 0 radical (unpaired) electrons. The fraction of sp³-hybridized carbons (Fsp3) is 0.524. The molecule has 1 aromatic rings. The first-order chi connectivity index (χ1) is 11.3. The van der Waals surface area contributed by atoms with E-state index in [1.54, 1.807) is 0 Å². The summed E-state index contributed by atoms with van der Waals surface area (Å²) in [7, 11) is -1.73. The Hall–Kier alpha value is -1.16. The Morgan fingerprint density at radius 2 is 1.79 bits per heavy atom. The average Bonchev–Trinajstić information content (AvgIpc) is 2.53. The van der Waals surface area contributed by atoms with Crippen LogP contribution in [0.15, 0.2) is 55.1 Å². The summed E-state index contributed by atoms with van der Waals surface area (Å²) in [4.78, 5) is 0. The van der Waals surface area contributed by atoms with Crippen molar-refractivity contribution in [2.24, 2.45) is 0 Å². The van der Waals surface area contributed by atoms with E-state index in [-0.39, 0.29) is 11.1 Å². The topological polar surface area (TPSA) is 18.5 Å². The number of ether oxygens (including phenoxy) is 1. The van der Waals surface area contributed by atoms with E-state index in [1.807, 2.05) is 6.08 Å². The second kappa shape index (κ2) is 9.97. The van der Waals surface area contributed by atoms with Crippen molar-refractivity contribution >= 4 is 8.32 Å². The average molecular weight is 347 g/mol. The molecule has 1 aromatic carbocycles. The molecule has 0 aliphatic rings. The minimum atomic E-state index is -1.73. The smallest absolute Gasteiger partial charge is 0.192 e. The maximum absolute atomic E-state index is 6.20. The second-order valence-corrected chi connectivity index (χ2v) is 12.5. The van der Waals surface area contributed by atoms with Crippen LogP contribution in [0.2, 0.25) is 18.1 Å². The third-order valence-corrected chi connectivity index (χ3v) is 9.19. The van der Waals surface area contributed by atoms with Gasteiger partial charge in [0.2, 0.25) is 0 Å². The predicted molar refractivity (Wildman–Crippen MR) is 107 cm³/mol. The molecule has 0 N–H and O–H groups in total. The van der Waals surface area contributed by atoms with Gasteiger partial charge in [0, 0.05) is 0 Å². The summed E-state index contributed by atoms with van der Waals surface area (Å²) < 4.78 is 12.0. The molecule has 1 rings (SSSR count). The monoisotopic (exact) mass is 346 g/mol. The van der Waals surface area contributed by atoms with Crippen LogP contribution in [-0.2, 0) is 15.6 Å². The van der Waals surface area contributed by atoms with Crippen molar-refractivity contribution in [1.82, 2.24) is 0 Å². The molecule has 0 saturated heterocycles. The van der Waals surface area contributed by atoms with Crippen LogP contribution in [0.1, 0.15) is 32.8 Å². The van der Waals surface area contributed by atoms with Crippen molar-refractivity contribution < 1.29 is 9.16 Å². The summed E-state index contributed by atoms with van der Waals surface area (Å²) >= 11 is 0. The van der Waals surface area contributed by atoms with Crippen molar-refractivity contribution in [3.05, 3.63) is 60.7 Å². The van der Waals surface area contributed by atoms with Crippen LogP contribution in [-0.4, -0.2) is 27.6 Å². The standard InChI is InChI=1S/C21H34O2Si/c1-7-20(18-23-24(5,6)21(2,3)4)22-17-13-9-12-16-19-14-10-8-11-15-19/h7-11,13-15,20H,1,12,16-18H2,2-6H3/b13-9+/t20-/m1/s1. The highest BCUT2D eigenvalue weighted by molar-refractivity contribution is 6.74. The third kappa shape index (κ3) is 7.60. The summed E-state index contributed by atoms with van der Waals surface area (Å²) in [6.07, 6.45) is 8.17. The largest absolute Gasteiger partial charge is 0.414 e. The molecule has 0 aliphatic heterocycles. The van der Waals surface area contributed by atoms with Gasteiger partial charge in [-0.25, -0.2) is 0 Å². The maximum atomic E-state index is 6.20. The molecule has 0 spiro atoms. The van der Waals surface area contributed by atoms with Gasteiger partial charge in [0.25, 0.3) is 0 Å². The summed E-state index contributed by atoms with van der Waals surface area (Å²) in [5, 5.41) is 0.218. The minimum Gasteiger partial charge on any atom is -0.414 e. The summed E-state index contributed by atoms with van der Waals surface area (Å²) in [6, 6.07) is 10.5. The van der Waals surface area contributed by atoms with E-state index in [4.69, 9.17) is 9.16 Å². The number of hydrogen-bond donors (Lipinski definition) is 0. The number of aryl methyl sites for hydroxylation is 1. The van der Waals surface area contributed by atoms with Crippen molar-refractivity contribution in [3.8, 4) is 0 Å². The van der Waals surface area contributed by atoms with Gasteiger partial charge in [0.1, 0.15) is 0 Å². The van der Waals surface area contributed by atoms with Crippen molar-refractivity contribution in [2.75, 3.05) is 13.2 Å². The zero-order valence-corrected chi connectivity index (χ0v) is 17.0. The Labute approximate surface area is 149 Å². The quantitative estimate of drug-likeness (QED) is 0.395. The zero-order valence-electron chi connectivity index (χ0n) is 16.0. The number of rotatable bonds is 10. The van der Waals surface area contributed by atoms with Crippen LogP contribution in [0, 0.1) is 0 Å². The molecular weight excluding hydrogens is 312 g/mol. The predicted octanol–water partition coefficient (Wildman–Crippen LogP) is 5.77. The first-order valence-electron chi connectivity index (χ1n) is 8.83. The second-order valence-electron chi connectivity index (χ2n) is 7.67. The van der Waals surface area contributed by atoms with E-state index in [1.165, 1.54) is 5.56 Å². The Kier molecular flexibility index (Phi) is 8.67. The lowest BCUT2D eigenvalue weighted by Crippen LogP contribution is -2.42. The van der Waals surface area contributed by atoms with Crippen molar-refractivity contribution in [3.63, 3.8) is 0 Å². The first kappa shape index (κ1) is 20.9. The van der Waals surface area contributed by atoms with Crippen LogP contribution in [0.4, 0.5) is 0 Å². The number of benzene rings is 1. The molecule has 0 aliphatic carbocycles. The molecule has 0 aromatic heterocycles. The molecule has 0 fully saturated rings. The molecule has 1 atom stereocenters. The molecule has 0 unspecified atom stereocenters. The van der Waals surface area contributed by atoms with Crippen molar-refractivity contribution in [2.45, 2.75) is 57.8 Å². The molecule has 0 heterocycles. The van der Waals surface area contributed by atoms with E-state index in [0.29, 0.717) is 13.2 Å². The Balaban J connectivity index is 2.26. The van der Waals surface area contributed by atoms with Crippen molar-refractivity contribution in [1.29, 1.82) is 0 Å². The fourth-order valence-electron chi connectivity index (χ4n) is 1.95. The highest BCUT2D eigenvalue weighted by Gasteiger charge is 2.37. The first-order valence-corrected chi connectivity index (χ1v) is 11.7. The fourth-order valence-corrected chi connectivity index (χ4v) is 2.96. The van der Waals surface area contributed by atoms with Crippen LogP contribution in [0.5, 0.6) is 0 Å². The van der Waals surface area contributed by atoms with Gasteiger partial charge in [-0.05, 0) is 36.5 Å². The van der Waals surface area contributed by atoms with Gasteiger partial charge in [-0.15, -0.1) is 6.58 Å². The number of allylic oxidation sites excluding steroid dienone is 1.